The number of aromatic nitrogens is 2. The molecule has 0 bridgehead atoms. The predicted molar refractivity (Wildman–Crippen MR) is 59.0 cm³/mol. The molecule has 1 aliphatic rings. The van der Waals surface area contributed by atoms with Gasteiger partial charge >= 0.3 is 0 Å². The first-order chi connectivity index (χ1) is 7.16. The lowest BCUT2D eigenvalue weighted by Gasteiger charge is -2.33. The molecule has 1 aliphatic heterocycles. The lowest BCUT2D eigenvalue weighted by Crippen LogP contribution is -2.46. The van der Waals surface area contributed by atoms with Gasteiger partial charge in [-0.05, 0) is 7.05 Å². The van der Waals surface area contributed by atoms with Gasteiger partial charge in [0.25, 0.3) is 5.56 Å². The number of H-pyrrole nitrogens is 1. The molecule has 0 unspecified atom stereocenters. The highest BCUT2D eigenvalue weighted by molar-refractivity contribution is 5.44. The van der Waals surface area contributed by atoms with Crippen molar-refractivity contribution in [1.29, 1.82) is 0 Å². The molecule has 0 spiro atoms. The number of nitrogens with one attached hydrogen (secondary N) is 1. The highest BCUT2D eigenvalue weighted by Crippen LogP contribution is 2.09. The molecule has 1 fully saturated rings. The summed E-state index contributed by atoms with van der Waals surface area (Å²) in [7, 11) is 2.07. The summed E-state index contributed by atoms with van der Waals surface area (Å²) < 4.78 is 0. The average Bonchev–Trinajstić information content (AvgIpc) is 2.20. The summed E-state index contributed by atoms with van der Waals surface area (Å²) in [6.07, 6.45) is 1.54. The summed E-state index contributed by atoms with van der Waals surface area (Å²) in [5.74, 6) is 0.165. The van der Waals surface area contributed by atoms with E-state index in [1.807, 2.05) is 4.90 Å². The molecule has 82 valence electrons. The Kier molecular flexibility index (Phi) is 2.59. The van der Waals surface area contributed by atoms with E-state index in [9.17, 15) is 4.79 Å². The molecule has 0 saturated carbocycles. The van der Waals surface area contributed by atoms with Crippen molar-refractivity contribution in [2.24, 2.45) is 0 Å². The van der Waals surface area contributed by atoms with Crippen molar-refractivity contribution < 1.29 is 0 Å². The minimum Gasteiger partial charge on any atom is -0.369 e. The lowest BCUT2D eigenvalue weighted by molar-refractivity contribution is 0.312. The van der Waals surface area contributed by atoms with Gasteiger partial charge in [0.15, 0.2) is 5.95 Å². The molecule has 3 N–H and O–H groups in total. The molecule has 6 heteroatoms. The third kappa shape index (κ3) is 2.10. The number of nitrogens with zero attached hydrogens (tertiary/aromatic N) is 3. The number of aromatic amines is 1. The Bertz CT molecular complexity index is 394. The van der Waals surface area contributed by atoms with Crippen LogP contribution in [0.1, 0.15) is 0 Å². The molecule has 1 aromatic rings. The van der Waals surface area contributed by atoms with Crippen LogP contribution < -0.4 is 16.2 Å². The number of nitrogen functional groups attached to an aromatic ring is 1. The number of hydrogen-bond acceptors (Lipinski definition) is 5. The molecule has 1 aromatic heterocycles. The lowest BCUT2D eigenvalue weighted by atomic mass is 10.3. The zero-order valence-electron chi connectivity index (χ0n) is 8.73. The Balaban J connectivity index is 2.19. The van der Waals surface area contributed by atoms with E-state index in [1.54, 1.807) is 6.20 Å². The second-order valence-electron chi connectivity index (χ2n) is 3.77. The van der Waals surface area contributed by atoms with Crippen LogP contribution in [0.15, 0.2) is 11.0 Å². The molecule has 0 aliphatic carbocycles. The largest absolute Gasteiger partial charge is 0.369 e. The van der Waals surface area contributed by atoms with Crippen LogP contribution in [0.5, 0.6) is 0 Å². The van der Waals surface area contributed by atoms with Gasteiger partial charge in [-0.1, -0.05) is 0 Å². The van der Waals surface area contributed by atoms with Gasteiger partial charge < -0.3 is 15.5 Å². The molecule has 0 atom stereocenters. The SMILES string of the molecule is CN1CCN(c2cnc(N)[nH]c2=O)CC1. The van der Waals surface area contributed by atoms with Gasteiger partial charge in [-0.3, -0.25) is 9.78 Å². The van der Waals surface area contributed by atoms with Crippen LogP contribution >= 0.6 is 0 Å². The molecule has 6 nitrogen and oxygen atoms in total. The van der Waals surface area contributed by atoms with Crippen molar-refractivity contribution in [1.82, 2.24) is 14.9 Å². The summed E-state index contributed by atoms with van der Waals surface area (Å²) in [5.41, 5.74) is 5.83. The van der Waals surface area contributed by atoms with Gasteiger partial charge in [0.05, 0.1) is 6.20 Å². The quantitative estimate of drug-likeness (QED) is 0.627. The Hall–Kier alpha value is -1.56. The van der Waals surface area contributed by atoms with Crippen molar-refractivity contribution in [3.8, 4) is 0 Å². The van der Waals surface area contributed by atoms with Gasteiger partial charge in [0.1, 0.15) is 5.69 Å². The highest BCUT2D eigenvalue weighted by atomic mass is 16.1. The number of likely N-dealkylation sites (N-methyl/N-ethyl adjacent to an activating group) is 1. The molecule has 1 saturated heterocycles. The standard InChI is InChI=1S/C9H15N5O/c1-13-2-4-14(5-3-13)7-6-11-9(10)12-8(7)15/h6H,2-5H2,1H3,(H3,10,11,12,15). The van der Waals surface area contributed by atoms with Crippen molar-refractivity contribution >= 4 is 11.6 Å². The van der Waals surface area contributed by atoms with Crippen LogP contribution in [0.3, 0.4) is 0 Å². The van der Waals surface area contributed by atoms with E-state index in [2.05, 4.69) is 21.9 Å². The highest BCUT2D eigenvalue weighted by Gasteiger charge is 2.16. The van der Waals surface area contributed by atoms with Crippen LogP contribution in [-0.4, -0.2) is 48.1 Å². The topological polar surface area (TPSA) is 78.2 Å². The van der Waals surface area contributed by atoms with E-state index in [0.717, 1.165) is 26.2 Å². The normalized spacial score (nSPS) is 18.1. The van der Waals surface area contributed by atoms with E-state index >= 15 is 0 Å². The zero-order valence-corrected chi connectivity index (χ0v) is 8.73. The van der Waals surface area contributed by atoms with Crippen molar-refractivity contribution in [2.75, 3.05) is 43.9 Å². The monoisotopic (exact) mass is 209 g/mol. The maximum atomic E-state index is 11.6. The van der Waals surface area contributed by atoms with E-state index < -0.39 is 0 Å². The van der Waals surface area contributed by atoms with Gasteiger partial charge in [0.2, 0.25) is 0 Å². The number of piperazine rings is 1. The summed E-state index contributed by atoms with van der Waals surface area (Å²) in [6.45, 7) is 3.63. The Labute approximate surface area is 87.7 Å². The third-order valence-corrected chi connectivity index (χ3v) is 2.64. The predicted octanol–water partition coefficient (Wildman–Crippen LogP) is -0.896. The van der Waals surface area contributed by atoms with Gasteiger partial charge in [-0.15, -0.1) is 0 Å². The summed E-state index contributed by atoms with van der Waals surface area (Å²) in [6, 6.07) is 0. The molecule has 15 heavy (non-hydrogen) atoms. The molecule has 0 radical (unpaired) electrons. The van der Waals surface area contributed by atoms with Crippen LogP contribution in [0.4, 0.5) is 11.6 Å². The van der Waals surface area contributed by atoms with Gasteiger partial charge in [0, 0.05) is 26.2 Å². The number of anilines is 2. The minimum atomic E-state index is -0.160. The van der Waals surface area contributed by atoms with Crippen molar-refractivity contribution in [3.05, 3.63) is 16.6 Å². The summed E-state index contributed by atoms with van der Waals surface area (Å²) in [4.78, 5) is 22.3. The van der Waals surface area contributed by atoms with Crippen LogP contribution in [0, 0.1) is 0 Å². The first kappa shape index (κ1) is 9.97. The molecule has 0 aromatic carbocycles. The Morgan fingerprint density at radius 3 is 2.67 bits per heavy atom. The van der Waals surface area contributed by atoms with E-state index in [0.29, 0.717) is 5.69 Å². The second-order valence-corrected chi connectivity index (χ2v) is 3.77. The first-order valence-electron chi connectivity index (χ1n) is 4.95. The Morgan fingerprint density at radius 2 is 2.07 bits per heavy atom. The average molecular weight is 209 g/mol. The maximum Gasteiger partial charge on any atom is 0.275 e. The fraction of sp³-hybridized carbons (Fsp3) is 0.556. The molecular weight excluding hydrogens is 194 g/mol. The van der Waals surface area contributed by atoms with E-state index in [4.69, 9.17) is 5.73 Å². The van der Waals surface area contributed by atoms with Crippen molar-refractivity contribution in [2.45, 2.75) is 0 Å². The first-order valence-corrected chi connectivity index (χ1v) is 4.95. The third-order valence-electron chi connectivity index (χ3n) is 2.64. The fourth-order valence-electron chi connectivity index (χ4n) is 1.67. The molecule has 2 heterocycles. The van der Waals surface area contributed by atoms with Gasteiger partial charge in [-0.2, -0.15) is 0 Å². The minimum absolute atomic E-state index is 0.160. The number of hydrogen-bond donors (Lipinski definition) is 2. The summed E-state index contributed by atoms with van der Waals surface area (Å²) >= 11 is 0. The molecule has 2 rings (SSSR count). The smallest absolute Gasteiger partial charge is 0.275 e. The van der Waals surface area contributed by atoms with Crippen molar-refractivity contribution in [3.63, 3.8) is 0 Å². The zero-order chi connectivity index (χ0) is 10.8. The van der Waals surface area contributed by atoms with Gasteiger partial charge in [-0.25, -0.2) is 4.98 Å². The molecular formula is C9H15N5O. The van der Waals surface area contributed by atoms with E-state index in [-0.39, 0.29) is 11.5 Å². The second kappa shape index (κ2) is 3.90. The fourth-order valence-corrected chi connectivity index (χ4v) is 1.67. The van der Waals surface area contributed by atoms with Crippen LogP contribution in [0.2, 0.25) is 0 Å². The molecule has 0 amide bonds. The van der Waals surface area contributed by atoms with E-state index in [1.165, 1.54) is 0 Å². The van der Waals surface area contributed by atoms with Crippen LogP contribution in [0.25, 0.3) is 0 Å². The van der Waals surface area contributed by atoms with Crippen LogP contribution in [-0.2, 0) is 0 Å². The Morgan fingerprint density at radius 1 is 1.40 bits per heavy atom. The number of rotatable bonds is 1. The maximum absolute atomic E-state index is 11.6. The summed E-state index contributed by atoms with van der Waals surface area (Å²) in [5, 5.41) is 0. The number of nitrogens with two attached hydrogens (primary N) is 1.